The van der Waals surface area contributed by atoms with Gasteiger partial charge in [-0.25, -0.2) is 0 Å². The van der Waals surface area contributed by atoms with Gasteiger partial charge in [-0.1, -0.05) is 133 Å². The summed E-state index contributed by atoms with van der Waals surface area (Å²) in [5.74, 6) is 0. The summed E-state index contributed by atoms with van der Waals surface area (Å²) in [6.45, 7) is 0. The third kappa shape index (κ3) is 5.46. The maximum Gasteiger partial charge on any atom is 0.143 e. The van der Waals surface area contributed by atoms with E-state index in [9.17, 15) is 0 Å². The minimum Gasteiger partial charge on any atom is -0.455 e. The Bertz CT molecular complexity index is 3220. The average Bonchev–Trinajstić information content (AvgIpc) is 3.89. The van der Waals surface area contributed by atoms with Gasteiger partial charge in [0, 0.05) is 65.8 Å². The number of hydrogen-bond acceptors (Lipinski definition) is 4. The van der Waals surface area contributed by atoms with Crippen LogP contribution in [0.1, 0.15) is 0 Å². The fraction of sp³-hybridized carbons (Fsp3) is 0. The van der Waals surface area contributed by atoms with E-state index < -0.39 is 0 Å². The zero-order chi connectivity index (χ0) is 39.6. The maximum absolute atomic E-state index is 6.73. The van der Waals surface area contributed by atoms with Crippen molar-refractivity contribution in [3.63, 3.8) is 0 Å². The van der Waals surface area contributed by atoms with Crippen molar-refractivity contribution in [1.29, 1.82) is 0 Å². The number of benzene rings is 10. The van der Waals surface area contributed by atoms with Crippen molar-refractivity contribution in [1.82, 2.24) is 0 Å². The topological polar surface area (TPSA) is 32.8 Å². The highest BCUT2D eigenvalue weighted by molar-refractivity contribution is 6.22. The van der Waals surface area contributed by atoms with Crippen molar-refractivity contribution in [2.75, 3.05) is 9.80 Å². The predicted octanol–water partition coefficient (Wildman–Crippen LogP) is 16.4. The zero-order valence-corrected chi connectivity index (χ0v) is 32.5. The molecule has 0 aliphatic heterocycles. The third-order valence-electron chi connectivity index (χ3n) is 11.8. The molecule has 0 N–H and O–H groups in total. The van der Waals surface area contributed by atoms with E-state index in [-0.39, 0.29) is 0 Å². The van der Waals surface area contributed by atoms with E-state index in [1.165, 1.54) is 0 Å². The molecule has 12 rings (SSSR count). The van der Waals surface area contributed by atoms with Gasteiger partial charge in [0.2, 0.25) is 0 Å². The summed E-state index contributed by atoms with van der Waals surface area (Å²) in [5, 5.41) is 8.70. The van der Waals surface area contributed by atoms with E-state index in [1.54, 1.807) is 0 Å². The van der Waals surface area contributed by atoms with Gasteiger partial charge in [0.05, 0.1) is 11.4 Å². The van der Waals surface area contributed by atoms with Crippen LogP contribution in [0, 0.1) is 0 Å². The molecule has 282 valence electrons. The van der Waals surface area contributed by atoms with Gasteiger partial charge in [-0.3, -0.25) is 0 Å². The van der Waals surface area contributed by atoms with Crippen LogP contribution in [0.5, 0.6) is 0 Å². The lowest BCUT2D eigenvalue weighted by Crippen LogP contribution is -2.10. The molecule has 0 radical (unpaired) electrons. The second kappa shape index (κ2) is 13.8. The van der Waals surface area contributed by atoms with E-state index in [4.69, 9.17) is 8.83 Å². The summed E-state index contributed by atoms with van der Waals surface area (Å²) in [7, 11) is 0. The minimum atomic E-state index is 0.856. The third-order valence-corrected chi connectivity index (χ3v) is 11.8. The van der Waals surface area contributed by atoms with Crippen LogP contribution in [0.3, 0.4) is 0 Å². The predicted molar refractivity (Wildman–Crippen MR) is 251 cm³/mol. The molecule has 4 nitrogen and oxygen atoms in total. The fourth-order valence-electron chi connectivity index (χ4n) is 9.05. The Balaban J connectivity index is 1.06. The molecule has 4 heteroatoms. The highest BCUT2D eigenvalue weighted by atomic mass is 16.3. The molecule has 0 aliphatic rings. The molecular weight excluding hydrogens is 733 g/mol. The van der Waals surface area contributed by atoms with Gasteiger partial charge in [0.15, 0.2) is 0 Å². The van der Waals surface area contributed by atoms with Crippen molar-refractivity contribution < 1.29 is 8.83 Å². The minimum absolute atomic E-state index is 0.856. The Hall–Kier alpha value is -8.08. The highest BCUT2D eigenvalue weighted by Gasteiger charge is 2.22. The average molecular weight is 769 g/mol. The zero-order valence-electron chi connectivity index (χ0n) is 32.5. The summed E-state index contributed by atoms with van der Waals surface area (Å²) in [5.41, 5.74) is 12.3. The lowest BCUT2D eigenvalue weighted by molar-refractivity contribution is 0.672. The van der Waals surface area contributed by atoms with Crippen LogP contribution < -0.4 is 9.80 Å². The summed E-state index contributed by atoms with van der Waals surface area (Å²) in [6, 6.07) is 77.2. The first-order chi connectivity index (χ1) is 29.8. The Labute approximate surface area is 346 Å². The van der Waals surface area contributed by atoms with E-state index in [0.717, 1.165) is 111 Å². The number of rotatable bonds is 7. The van der Waals surface area contributed by atoms with Crippen molar-refractivity contribution in [3.05, 3.63) is 218 Å². The second-order valence-corrected chi connectivity index (χ2v) is 15.3. The van der Waals surface area contributed by atoms with Gasteiger partial charge in [-0.15, -0.1) is 0 Å². The second-order valence-electron chi connectivity index (χ2n) is 15.3. The molecule has 0 unspecified atom stereocenters. The van der Waals surface area contributed by atoms with Gasteiger partial charge in [0.1, 0.15) is 22.3 Å². The van der Waals surface area contributed by atoms with Crippen LogP contribution in [0.15, 0.2) is 227 Å². The van der Waals surface area contributed by atoms with Crippen LogP contribution in [0.25, 0.3) is 76.5 Å². The van der Waals surface area contributed by atoms with Gasteiger partial charge in [0.25, 0.3) is 0 Å². The molecule has 0 saturated heterocycles. The lowest BCUT2D eigenvalue weighted by Gasteiger charge is -2.27. The number of furan rings is 2. The molecule has 0 atom stereocenters. The molecule has 0 fully saturated rings. The maximum atomic E-state index is 6.73. The highest BCUT2D eigenvalue weighted by Crippen LogP contribution is 2.47. The molecule has 0 spiro atoms. The van der Waals surface area contributed by atoms with Gasteiger partial charge in [-0.05, 0) is 96.1 Å². The monoisotopic (exact) mass is 768 g/mol. The van der Waals surface area contributed by atoms with Gasteiger partial charge < -0.3 is 18.6 Å². The van der Waals surface area contributed by atoms with Crippen LogP contribution in [0.4, 0.5) is 34.1 Å². The SMILES string of the molecule is c1ccc(N(c2ccccc2)c2cc3c4cc(-c5ccc6oc7c8ccccc8c(N(c8ccccc8)c8ccccc8)cc7c6c5)ccc4oc3c3ccccc23)cc1. The smallest absolute Gasteiger partial charge is 0.143 e. The van der Waals surface area contributed by atoms with Gasteiger partial charge in [-0.2, -0.15) is 0 Å². The Morgan fingerprint density at radius 3 is 0.917 bits per heavy atom. The Kier molecular flexibility index (Phi) is 7.82. The van der Waals surface area contributed by atoms with E-state index in [1.807, 2.05) is 0 Å². The standard InChI is InChI=1S/C56H36N2O2/c1-5-17-39(18-6-1)57(40-19-7-2-8-20-40)51-35-49-47-33-37(29-31-53(47)59-55(49)45-27-15-13-25-43(45)51)38-30-32-54-48(34-38)50-36-52(44-26-14-16-28-46(44)56(50)60-54)58(41-21-9-3-10-22-41)42-23-11-4-12-24-42/h1-36H. The number of anilines is 6. The van der Waals surface area contributed by atoms with E-state index in [2.05, 4.69) is 228 Å². The largest absolute Gasteiger partial charge is 0.455 e. The molecular formula is C56H36N2O2. The van der Waals surface area contributed by atoms with Gasteiger partial charge >= 0.3 is 0 Å². The lowest BCUT2D eigenvalue weighted by atomic mass is 9.98. The molecule has 10 aromatic carbocycles. The number of fused-ring (bicyclic) bond motifs is 10. The normalized spacial score (nSPS) is 11.7. The van der Waals surface area contributed by atoms with Crippen LogP contribution >= 0.6 is 0 Å². The summed E-state index contributed by atoms with van der Waals surface area (Å²) in [4.78, 5) is 4.69. The molecule has 0 amide bonds. The van der Waals surface area contributed by atoms with Crippen molar-refractivity contribution in [2.45, 2.75) is 0 Å². The van der Waals surface area contributed by atoms with Crippen molar-refractivity contribution >= 4 is 99.5 Å². The first kappa shape index (κ1) is 34.0. The number of para-hydroxylation sites is 4. The van der Waals surface area contributed by atoms with Crippen LogP contribution in [-0.4, -0.2) is 0 Å². The molecule has 0 bridgehead atoms. The Morgan fingerprint density at radius 2 is 0.567 bits per heavy atom. The first-order valence-electron chi connectivity index (χ1n) is 20.3. The summed E-state index contributed by atoms with van der Waals surface area (Å²) < 4.78 is 13.5. The molecule has 2 heterocycles. The van der Waals surface area contributed by atoms with Crippen molar-refractivity contribution in [2.24, 2.45) is 0 Å². The molecule has 2 aromatic heterocycles. The Morgan fingerprint density at radius 1 is 0.250 bits per heavy atom. The van der Waals surface area contributed by atoms with E-state index >= 15 is 0 Å². The quantitative estimate of drug-likeness (QED) is 0.162. The number of hydrogen-bond donors (Lipinski definition) is 0. The molecule has 60 heavy (non-hydrogen) atoms. The summed E-state index contributed by atoms with van der Waals surface area (Å²) in [6.07, 6.45) is 0. The van der Waals surface area contributed by atoms with Crippen LogP contribution in [0.2, 0.25) is 0 Å². The summed E-state index contributed by atoms with van der Waals surface area (Å²) >= 11 is 0. The molecule has 0 saturated carbocycles. The number of nitrogens with zero attached hydrogens (tertiary/aromatic N) is 2. The van der Waals surface area contributed by atoms with Crippen LogP contribution in [-0.2, 0) is 0 Å². The first-order valence-corrected chi connectivity index (χ1v) is 20.3. The van der Waals surface area contributed by atoms with E-state index in [0.29, 0.717) is 0 Å². The molecule has 12 aromatic rings. The molecule has 0 aliphatic carbocycles. The fourth-order valence-corrected chi connectivity index (χ4v) is 9.05. The van der Waals surface area contributed by atoms with Crippen molar-refractivity contribution in [3.8, 4) is 11.1 Å².